The van der Waals surface area contributed by atoms with Gasteiger partial charge in [-0.3, -0.25) is 0 Å². The summed E-state index contributed by atoms with van der Waals surface area (Å²) in [5.74, 6) is 0. The molecule has 3 heteroatoms. The molecule has 1 nitrogen and oxygen atoms in total. The van der Waals surface area contributed by atoms with E-state index >= 15 is 0 Å². The van der Waals surface area contributed by atoms with Gasteiger partial charge in [-0.1, -0.05) is 93.9 Å². The third-order valence-electron chi connectivity index (χ3n) is 5.91. The maximum atomic E-state index is 12.2. The highest BCUT2D eigenvalue weighted by Gasteiger charge is 2.43. The van der Waals surface area contributed by atoms with Crippen LogP contribution in [-0.4, -0.2) is 5.11 Å². The largest absolute Gasteiger partial charge is 0.376 e. The van der Waals surface area contributed by atoms with Crippen molar-refractivity contribution in [2.75, 3.05) is 0 Å². The van der Waals surface area contributed by atoms with E-state index in [2.05, 4.69) is 88.2 Å². The molecule has 1 N–H and O–H groups in total. The number of aliphatic hydroxyl groups is 1. The maximum absolute atomic E-state index is 12.2. The van der Waals surface area contributed by atoms with Crippen LogP contribution >= 0.6 is 31.9 Å². The maximum Gasteiger partial charge on any atom is 0.141 e. The molecular weight excluding hydrogens is 488 g/mol. The minimum atomic E-state index is -1.15. The van der Waals surface area contributed by atoms with Crippen molar-refractivity contribution in [3.63, 3.8) is 0 Å². The molecule has 0 saturated heterocycles. The van der Waals surface area contributed by atoms with E-state index in [1.165, 1.54) is 36.8 Å². The Kier molecular flexibility index (Phi) is 6.02. The molecule has 0 saturated carbocycles. The molecule has 0 aliphatic heterocycles. The molecule has 3 aromatic rings. The van der Waals surface area contributed by atoms with Crippen LogP contribution in [0.5, 0.6) is 0 Å². The summed E-state index contributed by atoms with van der Waals surface area (Å²) in [6.45, 7) is 4.37. The quantitative estimate of drug-likeness (QED) is 0.332. The molecule has 1 aliphatic carbocycles. The van der Waals surface area contributed by atoms with Crippen molar-refractivity contribution < 1.29 is 5.11 Å². The number of hydrogen-bond donors (Lipinski definition) is 1. The average Bonchev–Trinajstić information content (AvgIpc) is 2.94. The van der Waals surface area contributed by atoms with Gasteiger partial charge in [-0.15, -0.1) is 0 Å². The first-order chi connectivity index (χ1) is 13.9. The molecule has 0 atom stereocenters. The molecule has 0 aromatic heterocycles. The van der Waals surface area contributed by atoms with Gasteiger partial charge in [0.2, 0.25) is 0 Å². The zero-order valence-corrected chi connectivity index (χ0v) is 20.1. The van der Waals surface area contributed by atoms with Gasteiger partial charge < -0.3 is 5.11 Å². The first-order valence-corrected chi connectivity index (χ1v) is 12.0. The van der Waals surface area contributed by atoms with Crippen molar-refractivity contribution in [2.45, 2.75) is 51.6 Å². The molecule has 150 valence electrons. The van der Waals surface area contributed by atoms with Gasteiger partial charge in [0, 0.05) is 20.1 Å². The van der Waals surface area contributed by atoms with E-state index in [0.717, 1.165) is 43.2 Å². The summed E-state index contributed by atoms with van der Waals surface area (Å²) in [7, 11) is 0. The second-order valence-corrected chi connectivity index (χ2v) is 9.94. The van der Waals surface area contributed by atoms with Crippen molar-refractivity contribution >= 4 is 31.9 Å². The number of rotatable bonds is 6. The zero-order valence-electron chi connectivity index (χ0n) is 16.9. The van der Waals surface area contributed by atoms with Gasteiger partial charge in [0.25, 0.3) is 0 Å². The van der Waals surface area contributed by atoms with Crippen LogP contribution in [0.2, 0.25) is 0 Å². The van der Waals surface area contributed by atoms with E-state index in [0.29, 0.717) is 0 Å². The van der Waals surface area contributed by atoms with E-state index in [-0.39, 0.29) is 0 Å². The lowest BCUT2D eigenvalue weighted by molar-refractivity contribution is 0.130. The smallest absolute Gasteiger partial charge is 0.141 e. The van der Waals surface area contributed by atoms with Crippen LogP contribution in [0.15, 0.2) is 63.5 Å². The summed E-state index contributed by atoms with van der Waals surface area (Å²) < 4.78 is 1.96. The third kappa shape index (κ3) is 3.85. The highest BCUT2D eigenvalue weighted by Crippen LogP contribution is 2.52. The van der Waals surface area contributed by atoms with Crippen molar-refractivity contribution in [1.29, 1.82) is 0 Å². The summed E-state index contributed by atoms with van der Waals surface area (Å²) in [5.41, 5.74) is 6.41. The van der Waals surface area contributed by atoms with Gasteiger partial charge in [0.1, 0.15) is 5.60 Å². The van der Waals surface area contributed by atoms with Crippen LogP contribution in [0.25, 0.3) is 11.1 Å². The molecule has 0 amide bonds. The topological polar surface area (TPSA) is 20.2 Å². The number of benzene rings is 3. The predicted molar refractivity (Wildman–Crippen MR) is 128 cm³/mol. The molecule has 0 spiro atoms. The number of halogens is 2. The van der Waals surface area contributed by atoms with Crippen molar-refractivity contribution in [2.24, 2.45) is 0 Å². The van der Waals surface area contributed by atoms with Gasteiger partial charge in [0.15, 0.2) is 0 Å². The fraction of sp³-hybridized carbons (Fsp3) is 0.308. The molecule has 29 heavy (non-hydrogen) atoms. The van der Waals surface area contributed by atoms with Crippen molar-refractivity contribution in [3.05, 3.63) is 91.4 Å². The second kappa shape index (κ2) is 8.37. The van der Waals surface area contributed by atoms with Crippen molar-refractivity contribution in [3.8, 4) is 11.1 Å². The molecule has 0 radical (unpaired) electrons. The minimum Gasteiger partial charge on any atom is -0.376 e. The Morgan fingerprint density at radius 1 is 0.793 bits per heavy atom. The van der Waals surface area contributed by atoms with Crippen LogP contribution in [0.4, 0.5) is 0 Å². The Morgan fingerprint density at radius 3 is 2.00 bits per heavy atom. The lowest BCUT2D eigenvalue weighted by atomic mass is 9.82. The van der Waals surface area contributed by atoms with Crippen LogP contribution in [0, 0.1) is 6.92 Å². The number of unbranched alkanes of at least 4 members (excludes halogenated alkanes) is 3. The lowest BCUT2D eigenvalue weighted by Gasteiger charge is -2.28. The number of hydrogen-bond acceptors (Lipinski definition) is 1. The van der Waals surface area contributed by atoms with Gasteiger partial charge in [-0.05, 0) is 66.3 Å². The second-order valence-electron chi connectivity index (χ2n) is 8.11. The number of aryl methyl sites for hydroxylation is 2. The molecule has 4 rings (SSSR count). The van der Waals surface area contributed by atoms with E-state index in [1.807, 2.05) is 12.1 Å². The van der Waals surface area contributed by atoms with E-state index in [4.69, 9.17) is 0 Å². The monoisotopic (exact) mass is 512 g/mol. The molecular formula is C26H26Br2O. The Labute approximate surface area is 190 Å². The zero-order chi connectivity index (χ0) is 20.6. The van der Waals surface area contributed by atoms with Gasteiger partial charge in [-0.25, -0.2) is 0 Å². The minimum absolute atomic E-state index is 0.947. The Balaban J connectivity index is 1.85. The average molecular weight is 514 g/mol. The molecule has 3 aromatic carbocycles. The standard InChI is InChI=1S/C26H26Br2O/c1-3-4-5-6-7-18-12-17(2)13-19(14-18)26(29)24-15-20(27)8-10-22(24)23-11-9-21(28)16-25(23)26/h8-16,29H,3-7H2,1-2H3. The molecule has 0 heterocycles. The summed E-state index contributed by atoms with van der Waals surface area (Å²) in [4.78, 5) is 0. The number of fused-ring (bicyclic) bond motifs is 3. The highest BCUT2D eigenvalue weighted by atomic mass is 79.9. The normalized spacial score (nSPS) is 14.0. The SMILES string of the molecule is CCCCCCc1cc(C)cc(C2(O)c3cc(Br)ccc3-c3ccc(Br)cc32)c1. The van der Waals surface area contributed by atoms with Crippen LogP contribution < -0.4 is 0 Å². The predicted octanol–water partition coefficient (Wildman–Crippen LogP) is 7.91. The van der Waals surface area contributed by atoms with Crippen LogP contribution in [0.1, 0.15) is 60.4 Å². The van der Waals surface area contributed by atoms with Crippen LogP contribution in [0.3, 0.4) is 0 Å². The summed E-state index contributed by atoms with van der Waals surface area (Å²) in [6.07, 6.45) is 6.04. The van der Waals surface area contributed by atoms with E-state index in [9.17, 15) is 5.11 Å². The molecule has 0 fully saturated rings. The molecule has 0 bridgehead atoms. The van der Waals surface area contributed by atoms with E-state index in [1.54, 1.807) is 0 Å². The van der Waals surface area contributed by atoms with Crippen LogP contribution in [-0.2, 0) is 12.0 Å². The fourth-order valence-corrected chi connectivity index (χ4v) is 5.25. The van der Waals surface area contributed by atoms with Gasteiger partial charge in [-0.2, -0.15) is 0 Å². The fourth-order valence-electron chi connectivity index (χ4n) is 4.53. The van der Waals surface area contributed by atoms with E-state index < -0.39 is 5.60 Å². The van der Waals surface area contributed by atoms with Gasteiger partial charge >= 0.3 is 0 Å². The first-order valence-electron chi connectivity index (χ1n) is 10.4. The Bertz CT molecular complexity index is 1000. The first kappa shape index (κ1) is 20.8. The summed E-state index contributed by atoms with van der Waals surface area (Å²) >= 11 is 7.21. The third-order valence-corrected chi connectivity index (χ3v) is 6.89. The molecule has 1 aliphatic rings. The molecule has 0 unspecified atom stereocenters. The Morgan fingerprint density at radius 2 is 1.41 bits per heavy atom. The van der Waals surface area contributed by atoms with Crippen molar-refractivity contribution in [1.82, 2.24) is 0 Å². The lowest BCUT2D eigenvalue weighted by Crippen LogP contribution is -2.26. The highest BCUT2D eigenvalue weighted by molar-refractivity contribution is 9.10. The van der Waals surface area contributed by atoms with Gasteiger partial charge in [0.05, 0.1) is 0 Å². The summed E-state index contributed by atoms with van der Waals surface area (Å²) in [5, 5.41) is 12.2. The summed E-state index contributed by atoms with van der Waals surface area (Å²) in [6, 6.07) is 19.0. The Hall–Kier alpha value is -1.42.